The number of aliphatic hydroxyl groups is 1. The number of rotatable bonds is 12. The number of hydrogen-bond acceptors (Lipinski definition) is 6. The van der Waals surface area contributed by atoms with Gasteiger partial charge in [0, 0.05) is 18.8 Å². The Morgan fingerprint density at radius 1 is 1.09 bits per heavy atom. The van der Waals surface area contributed by atoms with E-state index in [1.165, 1.54) is 5.56 Å². The van der Waals surface area contributed by atoms with E-state index in [1.807, 2.05) is 42.6 Å². The minimum atomic E-state index is -0.540. The number of carbonyl (C=O) groups is 1. The molecule has 3 aromatic rings. The van der Waals surface area contributed by atoms with Crippen LogP contribution < -0.4 is 4.74 Å². The summed E-state index contributed by atoms with van der Waals surface area (Å²) in [5.41, 5.74) is 2.27. The molecule has 0 aliphatic carbocycles. The summed E-state index contributed by atoms with van der Waals surface area (Å²) in [5.74, 6) is 0.412. The molecule has 1 aromatic heterocycles. The van der Waals surface area contributed by atoms with Crippen LogP contribution in [0.15, 0.2) is 60.9 Å². The maximum atomic E-state index is 11.4. The number of aryl methyl sites for hydroxylation is 2. The second-order valence-electron chi connectivity index (χ2n) is 7.69. The van der Waals surface area contributed by atoms with Crippen LogP contribution in [0.4, 0.5) is 0 Å². The topological polar surface area (TPSA) is 92.4 Å². The Balaban J connectivity index is 1.43. The third kappa shape index (κ3) is 7.68. The van der Waals surface area contributed by atoms with Gasteiger partial charge >= 0.3 is 5.97 Å². The fraction of sp³-hybridized carbons (Fsp3) is 0.346. The molecule has 0 radical (unpaired) electrons. The molecule has 0 saturated carbocycles. The summed E-state index contributed by atoms with van der Waals surface area (Å²) in [6, 6.07) is 18.0. The summed E-state index contributed by atoms with van der Waals surface area (Å²) in [5, 5.41) is 20.9. The van der Waals surface area contributed by atoms with Crippen LogP contribution in [-0.2, 0) is 22.4 Å². The van der Waals surface area contributed by atoms with Crippen LogP contribution >= 0.6 is 0 Å². The van der Waals surface area contributed by atoms with Crippen molar-refractivity contribution in [3.05, 3.63) is 72.1 Å². The molecule has 1 N–H and O–H groups in total. The molecule has 0 aliphatic rings. The Labute approximate surface area is 188 Å². The van der Waals surface area contributed by atoms with Gasteiger partial charge in [-0.25, -0.2) is 0 Å². The molecular formula is C26H28N2O4. The van der Waals surface area contributed by atoms with E-state index in [-0.39, 0.29) is 25.4 Å². The van der Waals surface area contributed by atoms with Gasteiger partial charge in [0.05, 0.1) is 25.2 Å². The lowest BCUT2D eigenvalue weighted by atomic mass is 10.0. The van der Waals surface area contributed by atoms with Crippen LogP contribution in [0.3, 0.4) is 0 Å². The number of carbonyl (C=O) groups excluding carboxylic acids is 1. The second kappa shape index (κ2) is 12.4. The number of ether oxygens (including phenoxy) is 2. The highest BCUT2D eigenvalue weighted by molar-refractivity contribution is 5.84. The fourth-order valence-electron chi connectivity index (χ4n) is 3.37. The number of nitrogens with zero attached hydrogens (tertiary/aromatic N) is 2. The first-order valence-corrected chi connectivity index (χ1v) is 10.9. The first-order chi connectivity index (χ1) is 15.6. The van der Waals surface area contributed by atoms with Gasteiger partial charge in [-0.15, -0.1) is 0 Å². The quantitative estimate of drug-likeness (QED) is 0.337. The van der Waals surface area contributed by atoms with Crippen molar-refractivity contribution >= 4 is 16.7 Å². The highest BCUT2D eigenvalue weighted by atomic mass is 16.5. The van der Waals surface area contributed by atoms with Crippen molar-refractivity contribution in [3.63, 3.8) is 0 Å². The number of esters is 1. The van der Waals surface area contributed by atoms with Crippen LogP contribution in [0, 0.1) is 11.3 Å². The third-order valence-electron chi connectivity index (χ3n) is 5.12. The monoisotopic (exact) mass is 432 g/mol. The van der Waals surface area contributed by atoms with Crippen molar-refractivity contribution in [3.8, 4) is 11.8 Å². The van der Waals surface area contributed by atoms with Crippen LogP contribution in [0.2, 0.25) is 0 Å². The lowest BCUT2D eigenvalue weighted by molar-refractivity contribution is -0.143. The molecule has 0 amide bonds. The van der Waals surface area contributed by atoms with Gasteiger partial charge in [0.1, 0.15) is 12.4 Å². The summed E-state index contributed by atoms with van der Waals surface area (Å²) in [7, 11) is 0. The van der Waals surface area contributed by atoms with Crippen molar-refractivity contribution in [2.24, 2.45) is 0 Å². The predicted octanol–water partition coefficient (Wildman–Crippen LogP) is 4.39. The van der Waals surface area contributed by atoms with Crippen molar-refractivity contribution in [1.82, 2.24) is 4.98 Å². The van der Waals surface area contributed by atoms with Gasteiger partial charge in [0.2, 0.25) is 0 Å². The molecule has 0 spiro atoms. The fourth-order valence-corrected chi connectivity index (χ4v) is 3.37. The van der Waals surface area contributed by atoms with Gasteiger partial charge in [-0.1, -0.05) is 30.3 Å². The van der Waals surface area contributed by atoms with E-state index in [0.29, 0.717) is 13.0 Å². The van der Waals surface area contributed by atoms with Gasteiger partial charge in [-0.2, -0.15) is 5.26 Å². The van der Waals surface area contributed by atoms with E-state index >= 15 is 0 Å². The molecule has 1 unspecified atom stereocenters. The Morgan fingerprint density at radius 2 is 1.94 bits per heavy atom. The number of aromatic nitrogens is 1. The maximum absolute atomic E-state index is 11.4. The third-order valence-corrected chi connectivity index (χ3v) is 5.12. The zero-order chi connectivity index (χ0) is 22.6. The van der Waals surface area contributed by atoms with E-state index in [9.17, 15) is 9.90 Å². The van der Waals surface area contributed by atoms with Crippen LogP contribution in [0.25, 0.3) is 10.8 Å². The standard InChI is InChI=1S/C26H28N2O4/c27-13-1-6-26(30)31-15-3-5-20-7-9-23-17-25(12-10-22(23)16-20)32-19-24(29)11-8-21-4-2-14-28-18-21/h2,4,7,9-10,12,14,16-18,24,29H,1,3,5-6,8,11,15,19H2. The second-order valence-corrected chi connectivity index (χ2v) is 7.69. The number of nitriles is 1. The van der Waals surface area contributed by atoms with Crippen molar-refractivity contribution in [2.45, 2.75) is 44.6 Å². The van der Waals surface area contributed by atoms with Crippen LogP contribution in [0.5, 0.6) is 5.75 Å². The first kappa shape index (κ1) is 23.2. The van der Waals surface area contributed by atoms with Gasteiger partial charge in [-0.05, 0) is 65.8 Å². The molecule has 1 heterocycles. The van der Waals surface area contributed by atoms with E-state index in [2.05, 4.69) is 23.2 Å². The highest BCUT2D eigenvalue weighted by Crippen LogP contribution is 2.23. The molecule has 2 aromatic carbocycles. The summed E-state index contributed by atoms with van der Waals surface area (Å²) in [6.45, 7) is 0.606. The van der Waals surface area contributed by atoms with Gasteiger partial charge < -0.3 is 14.6 Å². The Hall–Kier alpha value is -3.43. The SMILES string of the molecule is N#CCCC(=O)OCCCc1ccc2cc(OCC(O)CCc3cccnc3)ccc2c1. The van der Waals surface area contributed by atoms with Crippen LogP contribution in [0.1, 0.15) is 36.8 Å². The summed E-state index contributed by atoms with van der Waals surface area (Å²) < 4.78 is 10.9. The number of pyridine rings is 1. The van der Waals surface area contributed by atoms with E-state index in [0.717, 1.165) is 41.3 Å². The largest absolute Gasteiger partial charge is 0.491 e. The smallest absolute Gasteiger partial charge is 0.306 e. The molecule has 6 nitrogen and oxygen atoms in total. The average molecular weight is 433 g/mol. The average Bonchev–Trinajstić information content (AvgIpc) is 2.83. The van der Waals surface area contributed by atoms with Gasteiger partial charge in [0.15, 0.2) is 0 Å². The predicted molar refractivity (Wildman–Crippen MR) is 122 cm³/mol. The minimum Gasteiger partial charge on any atom is -0.491 e. The lowest BCUT2D eigenvalue weighted by Crippen LogP contribution is -2.18. The molecule has 0 aliphatic heterocycles. The summed E-state index contributed by atoms with van der Waals surface area (Å²) in [6.07, 6.45) is 6.29. The summed E-state index contributed by atoms with van der Waals surface area (Å²) >= 11 is 0. The van der Waals surface area contributed by atoms with E-state index < -0.39 is 6.10 Å². The van der Waals surface area contributed by atoms with Crippen LogP contribution in [-0.4, -0.2) is 35.4 Å². The molecule has 166 valence electrons. The normalized spacial score (nSPS) is 11.6. The number of hydrogen-bond donors (Lipinski definition) is 1. The Bertz CT molecular complexity index is 1050. The Kier molecular flexibility index (Phi) is 9.03. The van der Waals surface area contributed by atoms with Crippen molar-refractivity contribution in [1.29, 1.82) is 5.26 Å². The van der Waals surface area contributed by atoms with Gasteiger partial charge in [-0.3, -0.25) is 9.78 Å². The zero-order valence-electron chi connectivity index (χ0n) is 18.1. The number of aliphatic hydroxyl groups excluding tert-OH is 1. The minimum absolute atomic E-state index is 0.151. The molecule has 0 saturated heterocycles. The number of fused-ring (bicyclic) bond motifs is 1. The molecule has 3 rings (SSSR count). The lowest BCUT2D eigenvalue weighted by Gasteiger charge is -2.13. The first-order valence-electron chi connectivity index (χ1n) is 10.9. The molecular weight excluding hydrogens is 404 g/mol. The Morgan fingerprint density at radius 3 is 2.75 bits per heavy atom. The molecule has 0 bridgehead atoms. The molecule has 1 atom stereocenters. The summed E-state index contributed by atoms with van der Waals surface area (Å²) in [4.78, 5) is 15.5. The zero-order valence-corrected chi connectivity index (χ0v) is 18.1. The van der Waals surface area contributed by atoms with E-state index in [4.69, 9.17) is 14.7 Å². The molecule has 32 heavy (non-hydrogen) atoms. The highest BCUT2D eigenvalue weighted by Gasteiger charge is 2.07. The van der Waals surface area contributed by atoms with Crippen molar-refractivity contribution < 1.29 is 19.4 Å². The maximum Gasteiger partial charge on any atom is 0.306 e. The molecule has 0 fully saturated rings. The van der Waals surface area contributed by atoms with Crippen molar-refractivity contribution in [2.75, 3.05) is 13.2 Å². The van der Waals surface area contributed by atoms with E-state index in [1.54, 1.807) is 6.20 Å². The van der Waals surface area contributed by atoms with Gasteiger partial charge in [0.25, 0.3) is 0 Å². The molecule has 6 heteroatoms. The number of benzene rings is 2.